The topological polar surface area (TPSA) is 50.8 Å². The molecule has 0 fully saturated rings. The summed E-state index contributed by atoms with van der Waals surface area (Å²) in [5.74, 6) is -0.432. The van der Waals surface area contributed by atoms with Gasteiger partial charge in [-0.3, -0.25) is 0 Å². The molecule has 25 heavy (non-hydrogen) atoms. The highest BCUT2D eigenvalue weighted by molar-refractivity contribution is 8.10. The van der Waals surface area contributed by atoms with E-state index in [2.05, 4.69) is 4.72 Å². The van der Waals surface area contributed by atoms with Gasteiger partial charge in [-0.2, -0.15) is 0 Å². The van der Waals surface area contributed by atoms with E-state index in [4.69, 9.17) is 20.9 Å². The van der Waals surface area contributed by atoms with Gasteiger partial charge >= 0.3 is 0 Å². The number of nitrogens with one attached hydrogen (secondary N) is 1. The van der Waals surface area contributed by atoms with Crippen LogP contribution >= 0.6 is 6.49 Å². The molecule has 0 saturated carbocycles. The molecule has 1 N–H and O–H groups in total. The first-order valence-electron chi connectivity index (χ1n) is 8.39. The lowest BCUT2D eigenvalue weighted by Crippen LogP contribution is -2.36. The van der Waals surface area contributed by atoms with Crippen LogP contribution in [0, 0.1) is 0 Å². The zero-order chi connectivity index (χ0) is 19.3. The molecule has 0 saturated heterocycles. The molecular weight excluding hydrogens is 375 g/mol. The monoisotopic (exact) mass is 406 g/mol. The quantitative estimate of drug-likeness (QED) is 0.624. The predicted molar refractivity (Wildman–Crippen MR) is 112 cm³/mol. The summed E-state index contributed by atoms with van der Waals surface area (Å²) in [6.45, 7) is 7.77. The zero-order valence-corrected chi connectivity index (χ0v) is 18.8. The number of nitrogens with zero attached hydrogens (tertiary/aromatic N) is 1. The SMILES string of the molecule is CCOP(=S)(OCC)[C@@H](N[S@@](=O)C(C)(C)C)c1ccc(N(C)C)cc1. The summed E-state index contributed by atoms with van der Waals surface area (Å²) >= 11 is 5.79. The van der Waals surface area contributed by atoms with E-state index in [1.54, 1.807) is 0 Å². The number of hydrogen-bond donors (Lipinski definition) is 1. The molecule has 2 atom stereocenters. The highest BCUT2D eigenvalue weighted by Crippen LogP contribution is 2.60. The Labute approximate surface area is 160 Å². The van der Waals surface area contributed by atoms with Gasteiger partial charge in [0.1, 0.15) is 5.78 Å². The van der Waals surface area contributed by atoms with Crippen LogP contribution < -0.4 is 9.62 Å². The smallest absolute Gasteiger partial charge is 0.211 e. The molecule has 144 valence electrons. The van der Waals surface area contributed by atoms with E-state index in [0.29, 0.717) is 13.2 Å². The van der Waals surface area contributed by atoms with Gasteiger partial charge < -0.3 is 13.9 Å². The molecule has 0 aliphatic carbocycles. The van der Waals surface area contributed by atoms with Crippen LogP contribution in [0.2, 0.25) is 0 Å². The second-order valence-electron chi connectivity index (χ2n) is 6.76. The van der Waals surface area contributed by atoms with E-state index in [-0.39, 0.29) is 0 Å². The average molecular weight is 407 g/mol. The molecular formula is C17H31N2O3PS2. The van der Waals surface area contributed by atoms with Crippen molar-refractivity contribution in [1.29, 1.82) is 0 Å². The van der Waals surface area contributed by atoms with Crippen molar-refractivity contribution < 1.29 is 13.3 Å². The third-order valence-electron chi connectivity index (χ3n) is 3.43. The van der Waals surface area contributed by atoms with Crippen molar-refractivity contribution in [2.45, 2.75) is 45.1 Å². The van der Waals surface area contributed by atoms with Gasteiger partial charge in [0.2, 0.25) is 6.49 Å². The standard InChI is InChI=1S/C17H31N2O3PS2/c1-8-21-23(24,22-9-2)16(18-25(20)17(3,4)5)14-10-12-15(13-11-14)19(6)7/h10-13,16,18H,8-9H2,1-7H3/t16-,25+/m1/s1. The van der Waals surface area contributed by atoms with Crippen molar-refractivity contribution >= 4 is 35.0 Å². The summed E-state index contributed by atoms with van der Waals surface area (Å²) in [5, 5.41) is 0. The van der Waals surface area contributed by atoms with E-state index in [0.717, 1.165) is 11.3 Å². The summed E-state index contributed by atoms with van der Waals surface area (Å²) in [4.78, 5) is 2.03. The van der Waals surface area contributed by atoms with Crippen molar-refractivity contribution in [3.8, 4) is 0 Å². The fraction of sp³-hybridized carbons (Fsp3) is 0.647. The molecule has 8 heteroatoms. The fourth-order valence-corrected chi connectivity index (χ4v) is 6.60. The molecule has 0 radical (unpaired) electrons. The molecule has 0 amide bonds. The van der Waals surface area contributed by atoms with Crippen molar-refractivity contribution in [2.75, 3.05) is 32.2 Å². The van der Waals surface area contributed by atoms with Gasteiger partial charge in [-0.15, -0.1) is 0 Å². The molecule has 0 unspecified atom stereocenters. The van der Waals surface area contributed by atoms with Gasteiger partial charge in [0.25, 0.3) is 0 Å². The van der Waals surface area contributed by atoms with Gasteiger partial charge in [-0.05, 0) is 64.1 Å². The second kappa shape index (κ2) is 9.58. The first kappa shape index (κ1) is 22.7. The van der Waals surface area contributed by atoms with E-state index in [1.165, 1.54) is 0 Å². The van der Waals surface area contributed by atoms with E-state index in [1.807, 2.05) is 77.9 Å². The lowest BCUT2D eigenvalue weighted by Gasteiger charge is -2.32. The minimum atomic E-state index is -2.70. The Hall–Kier alpha value is -0.300. The van der Waals surface area contributed by atoms with Crippen LogP contribution in [0.15, 0.2) is 24.3 Å². The van der Waals surface area contributed by atoms with Crippen LogP contribution in [0.3, 0.4) is 0 Å². The lowest BCUT2D eigenvalue weighted by molar-refractivity contribution is 0.258. The van der Waals surface area contributed by atoms with Crippen molar-refractivity contribution in [1.82, 2.24) is 4.72 Å². The van der Waals surface area contributed by atoms with Crippen LogP contribution in [0.5, 0.6) is 0 Å². The first-order valence-corrected chi connectivity index (χ1v) is 12.2. The second-order valence-corrected chi connectivity index (χ2v) is 12.4. The van der Waals surface area contributed by atoms with Crippen molar-refractivity contribution in [2.24, 2.45) is 0 Å². The summed E-state index contributed by atoms with van der Waals surface area (Å²) in [6, 6.07) is 8.01. The number of rotatable bonds is 9. The lowest BCUT2D eigenvalue weighted by atomic mass is 10.2. The molecule has 0 aliphatic heterocycles. The molecule has 0 bridgehead atoms. The maximum absolute atomic E-state index is 12.7. The Morgan fingerprint density at radius 3 is 2.00 bits per heavy atom. The van der Waals surface area contributed by atoms with Gasteiger partial charge in [-0.25, -0.2) is 8.93 Å². The third kappa shape index (κ3) is 6.42. The van der Waals surface area contributed by atoms with Gasteiger partial charge in [0.05, 0.1) is 28.9 Å². The van der Waals surface area contributed by atoms with Crippen LogP contribution in [0.4, 0.5) is 5.69 Å². The molecule has 1 aromatic carbocycles. The largest absolute Gasteiger partial charge is 0.378 e. The first-order chi connectivity index (χ1) is 11.5. The van der Waals surface area contributed by atoms with Crippen LogP contribution in [0.25, 0.3) is 0 Å². The highest BCUT2D eigenvalue weighted by atomic mass is 32.5. The Kier molecular flexibility index (Phi) is 8.72. The summed E-state index contributed by atoms with van der Waals surface area (Å²) in [7, 11) is 2.69. The summed E-state index contributed by atoms with van der Waals surface area (Å²) < 4.78 is 27.2. The maximum atomic E-state index is 12.7. The molecule has 1 rings (SSSR count). The minimum Gasteiger partial charge on any atom is -0.378 e. The Morgan fingerprint density at radius 2 is 1.64 bits per heavy atom. The molecule has 1 aromatic rings. The van der Waals surface area contributed by atoms with E-state index >= 15 is 0 Å². The molecule has 0 heterocycles. The van der Waals surface area contributed by atoms with Crippen molar-refractivity contribution in [3.63, 3.8) is 0 Å². The summed E-state index contributed by atoms with van der Waals surface area (Å²) in [5.41, 5.74) is 2.01. The fourth-order valence-electron chi connectivity index (χ4n) is 2.09. The van der Waals surface area contributed by atoms with Gasteiger partial charge in [0.15, 0.2) is 0 Å². The molecule has 5 nitrogen and oxygen atoms in total. The third-order valence-corrected chi connectivity index (χ3v) is 8.73. The average Bonchev–Trinajstić information content (AvgIpc) is 2.51. The number of benzene rings is 1. The Balaban J connectivity index is 3.30. The van der Waals surface area contributed by atoms with Crippen LogP contribution in [-0.4, -0.2) is 36.3 Å². The van der Waals surface area contributed by atoms with Crippen molar-refractivity contribution in [3.05, 3.63) is 29.8 Å². The van der Waals surface area contributed by atoms with Gasteiger partial charge in [0, 0.05) is 19.8 Å². The number of hydrogen-bond acceptors (Lipinski definition) is 5. The highest BCUT2D eigenvalue weighted by Gasteiger charge is 2.35. The Bertz CT molecular complexity index is 605. The Morgan fingerprint density at radius 1 is 1.16 bits per heavy atom. The zero-order valence-electron chi connectivity index (χ0n) is 16.2. The van der Waals surface area contributed by atoms with E-state index in [9.17, 15) is 4.21 Å². The maximum Gasteiger partial charge on any atom is 0.211 e. The summed E-state index contributed by atoms with van der Waals surface area (Å²) in [6.07, 6.45) is 0. The van der Waals surface area contributed by atoms with Crippen LogP contribution in [0.1, 0.15) is 46.0 Å². The predicted octanol–water partition coefficient (Wildman–Crippen LogP) is 4.19. The van der Waals surface area contributed by atoms with Crippen LogP contribution in [-0.2, 0) is 31.8 Å². The van der Waals surface area contributed by atoms with Gasteiger partial charge in [-0.1, -0.05) is 12.1 Å². The number of anilines is 1. The van der Waals surface area contributed by atoms with E-state index < -0.39 is 28.0 Å². The molecule has 0 aromatic heterocycles. The normalized spacial score (nSPS) is 15.0. The minimum absolute atomic E-state index is 0.416. The molecule has 0 aliphatic rings. The molecule has 0 spiro atoms.